The number of nitrogens with zero attached hydrogens (tertiary/aromatic N) is 2. The van der Waals surface area contributed by atoms with Gasteiger partial charge in [-0.2, -0.15) is 0 Å². The Hall–Kier alpha value is -3.15. The van der Waals surface area contributed by atoms with E-state index in [-0.39, 0.29) is 12.5 Å². The van der Waals surface area contributed by atoms with Crippen molar-refractivity contribution in [1.82, 2.24) is 15.2 Å². The fourth-order valence-corrected chi connectivity index (χ4v) is 3.86. The Labute approximate surface area is 143 Å². The molecule has 1 unspecified atom stereocenters. The summed E-state index contributed by atoms with van der Waals surface area (Å²) in [6.07, 6.45) is 1.36. The Balaban J connectivity index is 1.49. The van der Waals surface area contributed by atoms with E-state index < -0.39 is 11.6 Å². The van der Waals surface area contributed by atoms with Gasteiger partial charge in [-0.05, 0) is 36.1 Å². The van der Waals surface area contributed by atoms with Crippen molar-refractivity contribution >= 4 is 23.0 Å². The highest BCUT2D eigenvalue weighted by Crippen LogP contribution is 2.41. The van der Waals surface area contributed by atoms with Crippen LogP contribution < -0.4 is 5.32 Å². The lowest BCUT2D eigenvalue weighted by Gasteiger charge is -2.22. The van der Waals surface area contributed by atoms with Crippen molar-refractivity contribution in [2.45, 2.75) is 24.9 Å². The largest absolute Gasteiger partial charge is 0.439 e. The van der Waals surface area contributed by atoms with Crippen molar-refractivity contribution in [3.8, 4) is 0 Å². The Morgan fingerprint density at radius 2 is 1.92 bits per heavy atom. The number of nitrogens with one attached hydrogen (secondary N) is 1. The Bertz CT molecular complexity index is 992. The maximum absolute atomic E-state index is 13.1. The van der Waals surface area contributed by atoms with Gasteiger partial charge < -0.3 is 9.73 Å². The molecule has 124 valence electrons. The number of carbonyl (C=O) groups is 2. The molecule has 1 saturated heterocycles. The van der Waals surface area contributed by atoms with Crippen LogP contribution in [0.15, 0.2) is 52.9 Å². The first kappa shape index (κ1) is 14.2. The smallest absolute Gasteiger partial charge is 0.325 e. The van der Waals surface area contributed by atoms with E-state index in [0.29, 0.717) is 23.4 Å². The van der Waals surface area contributed by atoms with E-state index in [9.17, 15) is 9.59 Å². The molecular weight excluding hydrogens is 318 g/mol. The second-order valence-corrected chi connectivity index (χ2v) is 6.46. The van der Waals surface area contributed by atoms with E-state index in [0.717, 1.165) is 17.5 Å². The zero-order valence-corrected chi connectivity index (χ0v) is 13.4. The molecule has 6 heteroatoms. The highest BCUT2D eigenvalue weighted by atomic mass is 16.3. The fourth-order valence-electron chi connectivity index (χ4n) is 3.86. The van der Waals surface area contributed by atoms with E-state index in [1.807, 2.05) is 48.5 Å². The summed E-state index contributed by atoms with van der Waals surface area (Å²) in [5.41, 5.74) is 2.42. The van der Waals surface area contributed by atoms with Crippen LogP contribution in [0.5, 0.6) is 0 Å². The molecule has 0 radical (unpaired) electrons. The molecule has 0 saturated carbocycles. The topological polar surface area (TPSA) is 75.4 Å². The van der Waals surface area contributed by atoms with Crippen LogP contribution >= 0.6 is 0 Å². The number of hydrogen-bond donors (Lipinski definition) is 1. The van der Waals surface area contributed by atoms with Crippen LogP contribution in [0.25, 0.3) is 11.1 Å². The summed E-state index contributed by atoms with van der Waals surface area (Å²) in [6, 6.07) is 14.8. The number of carbonyl (C=O) groups excluding carboxylic acids is 2. The molecule has 6 nitrogen and oxygen atoms in total. The number of urea groups is 1. The minimum absolute atomic E-state index is 0.0310. The first-order valence-electron chi connectivity index (χ1n) is 8.24. The monoisotopic (exact) mass is 333 g/mol. The van der Waals surface area contributed by atoms with Crippen LogP contribution in [0.4, 0.5) is 4.79 Å². The SMILES string of the molecule is O=C1NC2(CCc3ccccc32)C(=O)N1Cc1nc2ccccc2o1. The molecule has 1 fully saturated rings. The van der Waals surface area contributed by atoms with E-state index in [4.69, 9.17) is 4.42 Å². The summed E-state index contributed by atoms with van der Waals surface area (Å²) in [4.78, 5) is 31.2. The van der Waals surface area contributed by atoms with Gasteiger partial charge in [0.05, 0.1) is 0 Å². The summed E-state index contributed by atoms with van der Waals surface area (Å²) in [7, 11) is 0. The van der Waals surface area contributed by atoms with Crippen molar-refractivity contribution < 1.29 is 14.0 Å². The number of imide groups is 1. The zero-order chi connectivity index (χ0) is 17.0. The highest BCUT2D eigenvalue weighted by molar-refractivity contribution is 6.08. The molecule has 2 aliphatic rings. The van der Waals surface area contributed by atoms with Gasteiger partial charge in [0.1, 0.15) is 17.6 Å². The Morgan fingerprint density at radius 3 is 2.80 bits per heavy atom. The minimum atomic E-state index is -0.945. The lowest BCUT2D eigenvalue weighted by atomic mass is 9.92. The van der Waals surface area contributed by atoms with Gasteiger partial charge >= 0.3 is 6.03 Å². The molecule has 1 aliphatic carbocycles. The van der Waals surface area contributed by atoms with Crippen LogP contribution in [0.3, 0.4) is 0 Å². The van der Waals surface area contributed by atoms with Gasteiger partial charge in [0.2, 0.25) is 5.89 Å². The molecular formula is C19H15N3O3. The van der Waals surface area contributed by atoms with Gasteiger partial charge in [-0.1, -0.05) is 36.4 Å². The quantitative estimate of drug-likeness (QED) is 0.732. The normalized spacial score (nSPS) is 22.0. The van der Waals surface area contributed by atoms with E-state index >= 15 is 0 Å². The highest BCUT2D eigenvalue weighted by Gasteiger charge is 2.55. The van der Waals surface area contributed by atoms with Gasteiger partial charge in [-0.15, -0.1) is 0 Å². The molecule has 1 aliphatic heterocycles. The maximum atomic E-state index is 13.1. The average Bonchev–Trinajstić information content (AvgIpc) is 3.27. The number of hydrogen-bond acceptors (Lipinski definition) is 4. The summed E-state index contributed by atoms with van der Waals surface area (Å²) in [6.45, 7) is 0.0310. The standard InChI is InChI=1S/C19H15N3O3/c23-17-19(10-9-12-5-1-2-6-13(12)19)21-18(24)22(17)11-16-20-14-7-3-4-8-15(14)25-16/h1-8H,9-11H2,(H,21,24). The number of fused-ring (bicyclic) bond motifs is 3. The number of para-hydroxylation sites is 2. The molecule has 5 rings (SSSR count). The first-order chi connectivity index (χ1) is 12.2. The number of aromatic nitrogens is 1. The van der Waals surface area contributed by atoms with Crippen molar-refractivity contribution in [3.63, 3.8) is 0 Å². The van der Waals surface area contributed by atoms with Crippen LogP contribution in [-0.4, -0.2) is 21.8 Å². The molecule has 2 heterocycles. The molecule has 1 spiro atoms. The molecule has 0 bridgehead atoms. The van der Waals surface area contributed by atoms with Crippen LogP contribution in [0.2, 0.25) is 0 Å². The van der Waals surface area contributed by atoms with Crippen molar-refractivity contribution in [1.29, 1.82) is 0 Å². The molecule has 1 aromatic heterocycles. The van der Waals surface area contributed by atoms with E-state index in [1.165, 1.54) is 4.90 Å². The number of oxazole rings is 1. The number of aryl methyl sites for hydroxylation is 1. The average molecular weight is 333 g/mol. The Morgan fingerprint density at radius 1 is 1.12 bits per heavy atom. The molecule has 1 atom stereocenters. The van der Waals surface area contributed by atoms with Crippen LogP contribution in [0, 0.1) is 0 Å². The summed E-state index contributed by atoms with van der Waals surface area (Å²) >= 11 is 0. The third kappa shape index (κ3) is 1.94. The number of amides is 3. The van der Waals surface area contributed by atoms with Crippen LogP contribution in [0.1, 0.15) is 23.4 Å². The van der Waals surface area contributed by atoms with Crippen molar-refractivity contribution in [2.24, 2.45) is 0 Å². The molecule has 3 aromatic rings. The third-order valence-electron chi connectivity index (χ3n) is 5.05. The third-order valence-corrected chi connectivity index (χ3v) is 5.05. The second-order valence-electron chi connectivity index (χ2n) is 6.46. The fraction of sp³-hybridized carbons (Fsp3) is 0.211. The van der Waals surface area contributed by atoms with Crippen LogP contribution in [-0.2, 0) is 23.3 Å². The van der Waals surface area contributed by atoms with Gasteiger partial charge in [-0.25, -0.2) is 9.78 Å². The van der Waals surface area contributed by atoms with E-state index in [1.54, 1.807) is 0 Å². The van der Waals surface area contributed by atoms with Gasteiger partial charge in [0.25, 0.3) is 5.91 Å². The lowest BCUT2D eigenvalue weighted by Crippen LogP contribution is -2.41. The minimum Gasteiger partial charge on any atom is -0.439 e. The zero-order valence-electron chi connectivity index (χ0n) is 13.4. The summed E-state index contributed by atoms with van der Waals surface area (Å²) in [5, 5.41) is 2.91. The first-order valence-corrected chi connectivity index (χ1v) is 8.24. The molecule has 1 N–H and O–H groups in total. The maximum Gasteiger partial charge on any atom is 0.325 e. The van der Waals surface area contributed by atoms with Gasteiger partial charge in [0.15, 0.2) is 5.58 Å². The Kier molecular flexibility index (Phi) is 2.80. The van der Waals surface area contributed by atoms with Gasteiger partial charge in [-0.3, -0.25) is 9.69 Å². The summed E-state index contributed by atoms with van der Waals surface area (Å²) < 4.78 is 5.66. The van der Waals surface area contributed by atoms with E-state index in [2.05, 4.69) is 10.3 Å². The van der Waals surface area contributed by atoms with Crippen molar-refractivity contribution in [2.75, 3.05) is 0 Å². The number of rotatable bonds is 2. The summed E-state index contributed by atoms with van der Waals surface area (Å²) in [5.74, 6) is 0.123. The van der Waals surface area contributed by atoms with Gasteiger partial charge in [0, 0.05) is 0 Å². The molecule has 2 aromatic carbocycles. The lowest BCUT2D eigenvalue weighted by molar-refractivity contribution is -0.132. The molecule has 25 heavy (non-hydrogen) atoms. The predicted molar refractivity (Wildman–Crippen MR) is 89.5 cm³/mol. The predicted octanol–water partition coefficient (Wildman–Crippen LogP) is 2.72. The van der Waals surface area contributed by atoms with Crippen molar-refractivity contribution in [3.05, 3.63) is 65.5 Å². The second kappa shape index (κ2) is 4.92. The molecule has 3 amide bonds. The number of benzene rings is 2.